The minimum atomic E-state index is 0.377. The standard InChI is InChI=1S/C16H23ClN4/c1-5-6-18-9-13-7-15(11(2)3)19-16(8-13)21-10-14(17)12(4)20-21/h7-8,10-11,18H,5-6,9H2,1-4H3. The summed E-state index contributed by atoms with van der Waals surface area (Å²) in [6.07, 6.45) is 2.94. The monoisotopic (exact) mass is 306 g/mol. The third-order valence-corrected chi connectivity index (χ3v) is 3.68. The van der Waals surface area contributed by atoms with E-state index in [0.29, 0.717) is 10.9 Å². The largest absolute Gasteiger partial charge is 0.313 e. The van der Waals surface area contributed by atoms with Crippen molar-refractivity contribution in [3.05, 3.63) is 40.3 Å². The van der Waals surface area contributed by atoms with Gasteiger partial charge in [-0.2, -0.15) is 5.10 Å². The summed E-state index contributed by atoms with van der Waals surface area (Å²) in [5, 5.41) is 8.51. The van der Waals surface area contributed by atoms with Crippen LogP contribution >= 0.6 is 11.6 Å². The Balaban J connectivity index is 2.35. The summed E-state index contributed by atoms with van der Waals surface area (Å²) in [7, 11) is 0. The van der Waals surface area contributed by atoms with Crippen LogP contribution in [0.5, 0.6) is 0 Å². The topological polar surface area (TPSA) is 42.7 Å². The van der Waals surface area contributed by atoms with Crippen molar-refractivity contribution in [2.24, 2.45) is 0 Å². The van der Waals surface area contributed by atoms with Crippen LogP contribution in [0.1, 0.15) is 50.1 Å². The fraction of sp³-hybridized carbons (Fsp3) is 0.500. The number of aromatic nitrogens is 3. The van der Waals surface area contributed by atoms with E-state index in [1.165, 1.54) is 5.56 Å². The number of hydrogen-bond acceptors (Lipinski definition) is 3. The van der Waals surface area contributed by atoms with Crippen molar-refractivity contribution in [3.8, 4) is 5.82 Å². The number of halogens is 1. The Bertz CT molecular complexity index is 585. The molecule has 21 heavy (non-hydrogen) atoms. The van der Waals surface area contributed by atoms with E-state index >= 15 is 0 Å². The summed E-state index contributed by atoms with van der Waals surface area (Å²) in [6, 6.07) is 4.23. The van der Waals surface area contributed by atoms with Gasteiger partial charge in [0.1, 0.15) is 0 Å². The first kappa shape index (κ1) is 16.0. The summed E-state index contributed by atoms with van der Waals surface area (Å²) in [5.74, 6) is 1.20. The maximum absolute atomic E-state index is 6.10. The van der Waals surface area contributed by atoms with Crippen molar-refractivity contribution >= 4 is 11.6 Å². The highest BCUT2D eigenvalue weighted by Gasteiger charge is 2.10. The lowest BCUT2D eigenvalue weighted by Crippen LogP contribution is -2.15. The van der Waals surface area contributed by atoms with Crippen LogP contribution in [0.4, 0.5) is 0 Å². The Morgan fingerprint density at radius 2 is 2.10 bits per heavy atom. The van der Waals surface area contributed by atoms with Crippen molar-refractivity contribution in [2.75, 3.05) is 6.54 Å². The highest BCUT2D eigenvalue weighted by atomic mass is 35.5. The second-order valence-electron chi connectivity index (χ2n) is 5.60. The Morgan fingerprint density at radius 1 is 1.33 bits per heavy atom. The molecule has 0 bridgehead atoms. The average molecular weight is 307 g/mol. The zero-order valence-corrected chi connectivity index (χ0v) is 13.9. The van der Waals surface area contributed by atoms with Gasteiger partial charge >= 0.3 is 0 Å². The molecule has 0 spiro atoms. The van der Waals surface area contributed by atoms with Crippen LogP contribution in [0.25, 0.3) is 5.82 Å². The van der Waals surface area contributed by atoms with Crippen LogP contribution in [0, 0.1) is 6.92 Å². The van der Waals surface area contributed by atoms with E-state index in [1.807, 2.05) is 13.1 Å². The molecule has 2 rings (SSSR count). The molecule has 0 radical (unpaired) electrons. The Morgan fingerprint density at radius 3 is 2.67 bits per heavy atom. The lowest BCUT2D eigenvalue weighted by atomic mass is 10.1. The van der Waals surface area contributed by atoms with Gasteiger partial charge in [0.15, 0.2) is 5.82 Å². The molecule has 1 N–H and O–H groups in total. The van der Waals surface area contributed by atoms with Crippen LogP contribution in [-0.4, -0.2) is 21.3 Å². The number of nitrogens with zero attached hydrogens (tertiary/aromatic N) is 3. The third-order valence-electron chi connectivity index (χ3n) is 3.31. The van der Waals surface area contributed by atoms with Crippen molar-refractivity contribution < 1.29 is 0 Å². The van der Waals surface area contributed by atoms with Crippen LogP contribution in [0.3, 0.4) is 0 Å². The molecule has 0 saturated carbocycles. The van der Waals surface area contributed by atoms with Gasteiger partial charge in [-0.1, -0.05) is 32.4 Å². The summed E-state index contributed by atoms with van der Waals surface area (Å²) in [6.45, 7) is 10.2. The first-order chi connectivity index (χ1) is 10.0. The lowest BCUT2D eigenvalue weighted by molar-refractivity contribution is 0.670. The van der Waals surface area contributed by atoms with Gasteiger partial charge in [-0.05, 0) is 43.5 Å². The number of pyridine rings is 1. The number of nitrogens with one attached hydrogen (secondary N) is 1. The fourth-order valence-electron chi connectivity index (χ4n) is 2.08. The van der Waals surface area contributed by atoms with Gasteiger partial charge in [0, 0.05) is 12.2 Å². The molecule has 0 atom stereocenters. The zero-order chi connectivity index (χ0) is 15.4. The first-order valence-corrected chi connectivity index (χ1v) is 7.82. The lowest BCUT2D eigenvalue weighted by Gasteiger charge is -2.12. The van der Waals surface area contributed by atoms with Gasteiger partial charge in [0.25, 0.3) is 0 Å². The summed E-state index contributed by atoms with van der Waals surface area (Å²) >= 11 is 6.10. The predicted octanol–water partition coefficient (Wildman–Crippen LogP) is 3.85. The van der Waals surface area contributed by atoms with Crippen LogP contribution in [0.15, 0.2) is 18.3 Å². The fourth-order valence-corrected chi connectivity index (χ4v) is 2.21. The second kappa shape index (κ2) is 7.05. The van der Waals surface area contributed by atoms with Crippen LogP contribution in [-0.2, 0) is 6.54 Å². The van der Waals surface area contributed by atoms with Crippen LogP contribution in [0.2, 0.25) is 5.02 Å². The molecular formula is C16H23ClN4. The summed E-state index contributed by atoms with van der Waals surface area (Å²) < 4.78 is 1.76. The molecule has 0 saturated heterocycles. The Labute approximate surface area is 131 Å². The van der Waals surface area contributed by atoms with Gasteiger partial charge in [-0.25, -0.2) is 9.67 Å². The molecule has 114 valence electrons. The maximum Gasteiger partial charge on any atom is 0.153 e. The molecule has 2 aromatic heterocycles. The van der Waals surface area contributed by atoms with Crippen molar-refractivity contribution in [1.29, 1.82) is 0 Å². The molecular weight excluding hydrogens is 284 g/mol. The highest BCUT2D eigenvalue weighted by molar-refractivity contribution is 6.31. The smallest absolute Gasteiger partial charge is 0.153 e. The predicted molar refractivity (Wildman–Crippen MR) is 87.2 cm³/mol. The Hall–Kier alpha value is -1.39. The highest BCUT2D eigenvalue weighted by Crippen LogP contribution is 2.19. The van der Waals surface area contributed by atoms with E-state index in [1.54, 1.807) is 4.68 Å². The van der Waals surface area contributed by atoms with Gasteiger partial charge in [0.2, 0.25) is 0 Å². The van der Waals surface area contributed by atoms with E-state index in [4.69, 9.17) is 16.6 Å². The molecule has 0 fully saturated rings. The maximum atomic E-state index is 6.10. The quantitative estimate of drug-likeness (QED) is 0.824. The van der Waals surface area contributed by atoms with E-state index in [2.05, 4.69) is 43.3 Å². The van der Waals surface area contributed by atoms with E-state index in [-0.39, 0.29) is 0 Å². The number of aryl methyl sites for hydroxylation is 1. The number of hydrogen-bond donors (Lipinski definition) is 1. The van der Waals surface area contributed by atoms with Gasteiger partial charge in [-0.15, -0.1) is 0 Å². The molecule has 4 nitrogen and oxygen atoms in total. The third kappa shape index (κ3) is 4.05. The van der Waals surface area contributed by atoms with Gasteiger partial charge in [0.05, 0.1) is 16.9 Å². The zero-order valence-electron chi connectivity index (χ0n) is 13.2. The van der Waals surface area contributed by atoms with Gasteiger partial charge in [-0.3, -0.25) is 0 Å². The molecule has 0 aromatic carbocycles. The second-order valence-corrected chi connectivity index (χ2v) is 6.00. The molecule has 5 heteroatoms. The van der Waals surface area contributed by atoms with Crippen LogP contribution < -0.4 is 5.32 Å². The van der Waals surface area contributed by atoms with Gasteiger partial charge < -0.3 is 5.32 Å². The molecule has 0 unspecified atom stereocenters. The summed E-state index contributed by atoms with van der Waals surface area (Å²) in [4.78, 5) is 4.70. The van der Waals surface area contributed by atoms with E-state index < -0.39 is 0 Å². The normalized spacial score (nSPS) is 11.3. The molecule has 0 aliphatic rings. The van der Waals surface area contributed by atoms with E-state index in [0.717, 1.165) is 36.7 Å². The number of rotatable bonds is 6. The Kier molecular flexibility index (Phi) is 5.37. The minimum absolute atomic E-state index is 0.377. The van der Waals surface area contributed by atoms with E-state index in [9.17, 15) is 0 Å². The summed E-state index contributed by atoms with van der Waals surface area (Å²) in [5.41, 5.74) is 3.12. The molecule has 2 aromatic rings. The SMILES string of the molecule is CCCNCc1cc(C(C)C)nc(-n2cc(Cl)c(C)n2)c1. The van der Waals surface area contributed by atoms with Crippen molar-refractivity contribution in [3.63, 3.8) is 0 Å². The average Bonchev–Trinajstić information content (AvgIpc) is 2.79. The molecule has 0 amide bonds. The van der Waals surface area contributed by atoms with Crippen molar-refractivity contribution in [1.82, 2.24) is 20.1 Å². The minimum Gasteiger partial charge on any atom is -0.313 e. The molecule has 2 heterocycles. The molecule has 0 aliphatic heterocycles. The molecule has 0 aliphatic carbocycles. The first-order valence-electron chi connectivity index (χ1n) is 7.45. The van der Waals surface area contributed by atoms with Crippen molar-refractivity contribution in [2.45, 2.75) is 46.6 Å².